The quantitative estimate of drug-likeness (QED) is 0.228. The normalized spacial score (nSPS) is 12.1. The van der Waals surface area contributed by atoms with Crippen LogP contribution < -0.4 is 10.6 Å². The highest BCUT2D eigenvalue weighted by atomic mass is 16.6. The summed E-state index contributed by atoms with van der Waals surface area (Å²) in [6.45, 7) is 2.80. The summed E-state index contributed by atoms with van der Waals surface area (Å²) in [5.74, 6) is 0.107. The molecule has 0 aromatic heterocycles. The van der Waals surface area contributed by atoms with Crippen LogP contribution in [0.2, 0.25) is 0 Å². The number of carbonyl (C=O) groups excluding carboxylic acids is 3. The monoisotopic (exact) mass is 530 g/mol. The van der Waals surface area contributed by atoms with Crippen molar-refractivity contribution in [1.29, 1.82) is 0 Å². The number of ketones is 1. The minimum atomic E-state index is -0.656. The van der Waals surface area contributed by atoms with Gasteiger partial charge in [0.15, 0.2) is 5.78 Å². The first kappa shape index (κ1) is 29.4. The summed E-state index contributed by atoms with van der Waals surface area (Å²) in [7, 11) is 0. The average Bonchev–Trinajstić information content (AvgIpc) is 2.95. The van der Waals surface area contributed by atoms with Crippen LogP contribution in [0.25, 0.3) is 0 Å². The van der Waals surface area contributed by atoms with E-state index in [1.54, 1.807) is 0 Å². The number of amides is 2. The number of Topliss-reactive ketones (excluding diaryl/α,β-unsaturated/α-hetero) is 1. The van der Waals surface area contributed by atoms with Gasteiger partial charge in [0.25, 0.3) is 0 Å². The van der Waals surface area contributed by atoms with Crippen molar-refractivity contribution in [2.75, 3.05) is 6.54 Å². The Morgan fingerprint density at radius 2 is 1.21 bits per heavy atom. The number of unbranched alkanes of at least 4 members (excludes halogenated alkanes) is 1. The second-order valence-corrected chi connectivity index (χ2v) is 9.71. The van der Waals surface area contributed by atoms with Crippen LogP contribution in [-0.2, 0) is 33.9 Å². The first-order valence-corrected chi connectivity index (χ1v) is 13.5. The van der Waals surface area contributed by atoms with E-state index < -0.39 is 18.2 Å². The molecule has 0 aliphatic heterocycles. The van der Waals surface area contributed by atoms with Gasteiger partial charge >= 0.3 is 12.2 Å². The number of ether oxygens (including phenoxy) is 2. The van der Waals surface area contributed by atoms with Crippen molar-refractivity contribution in [2.24, 2.45) is 5.92 Å². The van der Waals surface area contributed by atoms with E-state index in [4.69, 9.17) is 9.47 Å². The van der Waals surface area contributed by atoms with Crippen LogP contribution in [0.3, 0.4) is 0 Å². The minimum Gasteiger partial charge on any atom is -0.445 e. The van der Waals surface area contributed by atoms with E-state index in [-0.39, 0.29) is 24.9 Å². The summed E-state index contributed by atoms with van der Waals surface area (Å²) in [4.78, 5) is 37.7. The molecule has 0 radical (unpaired) electrons. The Morgan fingerprint density at radius 3 is 1.77 bits per heavy atom. The molecule has 39 heavy (non-hydrogen) atoms. The fourth-order valence-corrected chi connectivity index (χ4v) is 4.23. The van der Waals surface area contributed by atoms with Crippen LogP contribution in [0.1, 0.15) is 49.3 Å². The number of carbonyl (C=O) groups is 3. The zero-order chi connectivity index (χ0) is 27.7. The smallest absolute Gasteiger partial charge is 0.408 e. The Morgan fingerprint density at radius 1 is 0.692 bits per heavy atom. The number of alkyl carbamates (subject to hydrolysis) is 2. The molecule has 3 aromatic rings. The van der Waals surface area contributed by atoms with Gasteiger partial charge in [-0.25, -0.2) is 9.59 Å². The second-order valence-electron chi connectivity index (χ2n) is 9.71. The van der Waals surface area contributed by atoms with Gasteiger partial charge in [-0.15, -0.1) is 0 Å². The van der Waals surface area contributed by atoms with Crippen molar-refractivity contribution in [3.63, 3.8) is 0 Å². The number of nitrogens with one attached hydrogen (secondary N) is 2. The highest BCUT2D eigenvalue weighted by Crippen LogP contribution is 2.15. The van der Waals surface area contributed by atoms with Crippen LogP contribution in [0.5, 0.6) is 0 Å². The molecule has 3 aromatic carbocycles. The summed E-state index contributed by atoms with van der Waals surface area (Å²) < 4.78 is 10.6. The highest BCUT2D eigenvalue weighted by Gasteiger charge is 2.23. The van der Waals surface area contributed by atoms with E-state index in [0.717, 1.165) is 17.5 Å². The third-order valence-electron chi connectivity index (χ3n) is 6.27. The Bertz CT molecular complexity index is 1140. The van der Waals surface area contributed by atoms with Crippen molar-refractivity contribution in [2.45, 2.75) is 58.3 Å². The number of benzene rings is 3. The molecule has 0 aliphatic rings. The molecule has 2 amide bonds. The molecule has 0 heterocycles. The molecule has 0 saturated heterocycles. The third kappa shape index (κ3) is 11.9. The van der Waals surface area contributed by atoms with Gasteiger partial charge in [0, 0.05) is 13.0 Å². The molecule has 7 heteroatoms. The lowest BCUT2D eigenvalue weighted by Gasteiger charge is -2.20. The lowest BCUT2D eigenvalue weighted by Crippen LogP contribution is -2.41. The molecule has 0 bridgehead atoms. The number of hydrogen-bond acceptors (Lipinski definition) is 5. The molecular weight excluding hydrogens is 492 g/mol. The summed E-state index contributed by atoms with van der Waals surface area (Å²) in [5, 5.41) is 5.51. The fraction of sp³-hybridized carbons (Fsp3) is 0.344. The molecule has 0 fully saturated rings. The van der Waals surface area contributed by atoms with Crippen LogP contribution in [0, 0.1) is 5.92 Å². The van der Waals surface area contributed by atoms with E-state index in [9.17, 15) is 14.4 Å². The van der Waals surface area contributed by atoms with E-state index in [1.165, 1.54) is 5.56 Å². The maximum atomic E-state index is 13.2. The van der Waals surface area contributed by atoms with E-state index in [2.05, 4.69) is 22.8 Å². The van der Waals surface area contributed by atoms with Gasteiger partial charge in [-0.05, 0) is 48.3 Å². The summed E-state index contributed by atoms with van der Waals surface area (Å²) in [6, 6.07) is 28.3. The second kappa shape index (κ2) is 16.7. The molecule has 2 atom stereocenters. The predicted molar refractivity (Wildman–Crippen MR) is 151 cm³/mol. The lowest BCUT2D eigenvalue weighted by molar-refractivity contribution is -0.122. The summed E-state index contributed by atoms with van der Waals surface area (Å²) in [6.07, 6.45) is 1.78. The van der Waals surface area contributed by atoms with Crippen LogP contribution >= 0.6 is 0 Å². The lowest BCUT2D eigenvalue weighted by atomic mass is 9.92. The Labute approximate surface area is 230 Å². The molecule has 0 saturated carbocycles. The van der Waals surface area contributed by atoms with Crippen LogP contribution in [-0.4, -0.2) is 30.6 Å². The maximum absolute atomic E-state index is 13.2. The number of hydrogen-bond donors (Lipinski definition) is 2. The maximum Gasteiger partial charge on any atom is 0.408 e. The zero-order valence-electron chi connectivity index (χ0n) is 22.5. The van der Waals surface area contributed by atoms with Crippen LogP contribution in [0.15, 0.2) is 91.0 Å². The van der Waals surface area contributed by atoms with E-state index in [1.807, 2.05) is 85.8 Å². The van der Waals surface area contributed by atoms with Gasteiger partial charge in [0.2, 0.25) is 0 Å². The first-order chi connectivity index (χ1) is 19.0. The molecule has 0 unspecified atom stereocenters. The van der Waals surface area contributed by atoms with Crippen molar-refractivity contribution in [3.8, 4) is 0 Å². The Hall–Kier alpha value is -4.13. The van der Waals surface area contributed by atoms with Gasteiger partial charge in [-0.1, -0.05) is 97.9 Å². The topological polar surface area (TPSA) is 93.7 Å². The average molecular weight is 531 g/mol. The van der Waals surface area contributed by atoms with Crippen molar-refractivity contribution in [3.05, 3.63) is 108 Å². The van der Waals surface area contributed by atoms with Crippen molar-refractivity contribution < 1.29 is 23.9 Å². The molecule has 0 spiro atoms. The van der Waals surface area contributed by atoms with E-state index >= 15 is 0 Å². The predicted octanol–water partition coefficient (Wildman–Crippen LogP) is 6.22. The standard InChI is InChI=1S/C32H38N2O5/c1-25(21-26-13-5-2-6-14-26)22-30(35)29(34-32(37)39-24-28-17-9-4-10-18-28)19-11-12-20-33-31(36)38-23-27-15-7-3-8-16-27/h2-10,13-18,25,29H,11-12,19-24H2,1H3,(H,33,36)(H,34,37)/t25-,29-/m0/s1. The Kier molecular flexibility index (Phi) is 12.6. The summed E-state index contributed by atoms with van der Waals surface area (Å²) in [5.41, 5.74) is 2.97. The number of rotatable bonds is 15. The van der Waals surface area contributed by atoms with E-state index in [0.29, 0.717) is 32.2 Å². The van der Waals surface area contributed by atoms with Gasteiger partial charge in [0.1, 0.15) is 13.2 Å². The molecular formula is C32H38N2O5. The largest absolute Gasteiger partial charge is 0.445 e. The molecule has 206 valence electrons. The van der Waals surface area contributed by atoms with Crippen molar-refractivity contribution >= 4 is 18.0 Å². The summed E-state index contributed by atoms with van der Waals surface area (Å²) >= 11 is 0. The zero-order valence-corrected chi connectivity index (χ0v) is 22.5. The van der Waals surface area contributed by atoms with Gasteiger partial charge in [-0.2, -0.15) is 0 Å². The SMILES string of the molecule is C[C@H](CC(=O)[C@H](CCCCNC(=O)OCc1ccccc1)NC(=O)OCc1ccccc1)Cc1ccccc1. The van der Waals surface area contributed by atoms with Crippen LogP contribution in [0.4, 0.5) is 9.59 Å². The molecule has 7 nitrogen and oxygen atoms in total. The highest BCUT2D eigenvalue weighted by molar-refractivity contribution is 5.87. The third-order valence-corrected chi connectivity index (χ3v) is 6.27. The Balaban J connectivity index is 1.44. The molecule has 2 N–H and O–H groups in total. The van der Waals surface area contributed by atoms with Gasteiger partial charge in [-0.3, -0.25) is 4.79 Å². The van der Waals surface area contributed by atoms with Gasteiger partial charge < -0.3 is 20.1 Å². The fourth-order valence-electron chi connectivity index (χ4n) is 4.23. The first-order valence-electron chi connectivity index (χ1n) is 13.5. The minimum absolute atomic E-state index is 0.0228. The van der Waals surface area contributed by atoms with Gasteiger partial charge in [0.05, 0.1) is 6.04 Å². The van der Waals surface area contributed by atoms with Crippen molar-refractivity contribution in [1.82, 2.24) is 10.6 Å². The molecule has 3 rings (SSSR count). The molecule has 0 aliphatic carbocycles.